The van der Waals surface area contributed by atoms with Crippen LogP contribution in [-0.2, 0) is 6.32 Å². The molecule has 70 valence electrons. The Morgan fingerprint density at radius 3 is 2.36 bits per heavy atom. The first kappa shape index (κ1) is 9.25. The largest absolute Gasteiger partial charge is 0.456 e. The maximum absolute atomic E-state index is 8.83. The smallest absolute Gasteiger partial charge is 0.427 e. The van der Waals surface area contributed by atoms with E-state index in [4.69, 9.17) is 10.0 Å². The average Bonchev–Trinajstić information content (AvgIpc) is 2.17. The molecule has 0 radical (unpaired) electrons. The highest BCUT2D eigenvalue weighted by molar-refractivity contribution is 6.40. The molecule has 0 heterocycles. The molecule has 3 heteroatoms. The van der Waals surface area contributed by atoms with E-state index < -0.39 is 7.12 Å². The summed E-state index contributed by atoms with van der Waals surface area (Å²) in [4.78, 5) is 0. The lowest BCUT2D eigenvalue weighted by Gasteiger charge is -2.02. The van der Waals surface area contributed by atoms with Crippen molar-refractivity contribution in [1.29, 1.82) is 0 Å². The van der Waals surface area contributed by atoms with Crippen LogP contribution in [0.5, 0.6) is 0 Å². The number of rotatable bonds is 2. The molecular formula is C11H11BO2. The number of benzene rings is 2. The molecule has 0 aliphatic heterocycles. The second kappa shape index (κ2) is 3.82. The van der Waals surface area contributed by atoms with Crippen LogP contribution in [0.15, 0.2) is 42.5 Å². The zero-order chi connectivity index (χ0) is 9.97. The van der Waals surface area contributed by atoms with Crippen LogP contribution in [0, 0.1) is 0 Å². The summed E-state index contributed by atoms with van der Waals surface area (Å²) in [6.45, 7) is 0. The lowest BCUT2D eigenvalue weighted by Crippen LogP contribution is -2.14. The second-order valence-corrected chi connectivity index (χ2v) is 3.37. The Kier molecular flexibility index (Phi) is 2.52. The molecule has 2 rings (SSSR count). The van der Waals surface area contributed by atoms with Gasteiger partial charge in [0.25, 0.3) is 0 Å². The summed E-state index contributed by atoms with van der Waals surface area (Å²) < 4.78 is 0. The molecule has 2 aromatic carbocycles. The van der Waals surface area contributed by atoms with Gasteiger partial charge in [-0.25, -0.2) is 0 Å². The molecule has 0 saturated heterocycles. The fourth-order valence-electron chi connectivity index (χ4n) is 1.58. The summed E-state index contributed by atoms with van der Waals surface area (Å²) in [6, 6.07) is 13.9. The van der Waals surface area contributed by atoms with Gasteiger partial charge in [0.15, 0.2) is 0 Å². The zero-order valence-corrected chi connectivity index (χ0v) is 7.72. The summed E-state index contributed by atoms with van der Waals surface area (Å²) in [5.41, 5.74) is 0.943. The van der Waals surface area contributed by atoms with Crippen LogP contribution >= 0.6 is 0 Å². The van der Waals surface area contributed by atoms with Gasteiger partial charge in [0.05, 0.1) is 0 Å². The minimum absolute atomic E-state index is 0.283. The molecule has 14 heavy (non-hydrogen) atoms. The Morgan fingerprint density at radius 2 is 1.64 bits per heavy atom. The molecule has 0 aromatic heterocycles. The Hall–Kier alpha value is -1.32. The summed E-state index contributed by atoms with van der Waals surface area (Å²) in [5, 5.41) is 20.0. The summed E-state index contributed by atoms with van der Waals surface area (Å²) in [7, 11) is -1.27. The third-order valence-corrected chi connectivity index (χ3v) is 2.23. The highest BCUT2D eigenvalue weighted by atomic mass is 16.4. The van der Waals surface area contributed by atoms with E-state index in [1.165, 1.54) is 5.39 Å². The maximum atomic E-state index is 8.83. The van der Waals surface area contributed by atoms with Crippen molar-refractivity contribution in [1.82, 2.24) is 0 Å². The van der Waals surface area contributed by atoms with Crippen molar-refractivity contribution in [2.24, 2.45) is 0 Å². The second-order valence-electron chi connectivity index (χ2n) is 3.37. The van der Waals surface area contributed by atoms with Gasteiger partial charge in [-0.3, -0.25) is 0 Å². The van der Waals surface area contributed by atoms with E-state index in [1.54, 1.807) is 0 Å². The van der Waals surface area contributed by atoms with E-state index in [9.17, 15) is 0 Å². The molecular weight excluding hydrogens is 175 g/mol. The Labute approximate surface area is 83.0 Å². The number of hydrogen-bond donors (Lipinski definition) is 2. The standard InChI is InChI=1S/C11H11BO2/c13-12(14)8-9-5-6-10-3-1-2-4-11(10)7-9/h1-7,13-14H,8H2. The average molecular weight is 186 g/mol. The third-order valence-electron chi connectivity index (χ3n) is 2.23. The molecule has 2 aromatic rings. The van der Waals surface area contributed by atoms with Crippen LogP contribution in [0.4, 0.5) is 0 Å². The van der Waals surface area contributed by atoms with Gasteiger partial charge in [-0.05, 0) is 16.3 Å². The minimum Gasteiger partial charge on any atom is -0.427 e. The van der Waals surface area contributed by atoms with Crippen molar-refractivity contribution in [3.63, 3.8) is 0 Å². The molecule has 0 saturated carbocycles. The highest BCUT2D eigenvalue weighted by Gasteiger charge is 2.07. The lowest BCUT2D eigenvalue weighted by atomic mass is 9.81. The van der Waals surface area contributed by atoms with E-state index in [-0.39, 0.29) is 6.32 Å². The van der Waals surface area contributed by atoms with Gasteiger partial charge in [-0.1, -0.05) is 42.5 Å². The van der Waals surface area contributed by atoms with E-state index in [0.717, 1.165) is 10.9 Å². The molecule has 0 aliphatic rings. The van der Waals surface area contributed by atoms with E-state index >= 15 is 0 Å². The van der Waals surface area contributed by atoms with Gasteiger partial charge >= 0.3 is 7.12 Å². The van der Waals surface area contributed by atoms with Gasteiger partial charge in [-0.2, -0.15) is 0 Å². The Morgan fingerprint density at radius 1 is 0.929 bits per heavy atom. The van der Waals surface area contributed by atoms with Gasteiger partial charge in [0.1, 0.15) is 0 Å². The predicted octanol–water partition coefficient (Wildman–Crippen LogP) is 1.39. The first-order valence-electron chi connectivity index (χ1n) is 4.59. The number of hydrogen-bond acceptors (Lipinski definition) is 2. The molecule has 2 N–H and O–H groups in total. The molecule has 0 atom stereocenters. The predicted molar refractivity (Wildman–Crippen MR) is 57.8 cm³/mol. The third kappa shape index (κ3) is 1.95. The van der Waals surface area contributed by atoms with E-state index in [0.29, 0.717) is 0 Å². The van der Waals surface area contributed by atoms with Gasteiger partial charge in [0, 0.05) is 6.32 Å². The molecule has 0 fully saturated rings. The zero-order valence-electron chi connectivity index (χ0n) is 7.72. The first-order valence-corrected chi connectivity index (χ1v) is 4.59. The van der Waals surface area contributed by atoms with E-state index in [2.05, 4.69) is 0 Å². The van der Waals surface area contributed by atoms with Crippen molar-refractivity contribution in [2.45, 2.75) is 6.32 Å². The van der Waals surface area contributed by atoms with Crippen LogP contribution in [0.1, 0.15) is 5.56 Å². The fourth-order valence-corrected chi connectivity index (χ4v) is 1.58. The summed E-state index contributed by atoms with van der Waals surface area (Å²) in [5.74, 6) is 0. The van der Waals surface area contributed by atoms with Crippen molar-refractivity contribution < 1.29 is 10.0 Å². The molecule has 0 spiro atoms. The minimum atomic E-state index is -1.27. The van der Waals surface area contributed by atoms with Crippen molar-refractivity contribution >= 4 is 17.9 Å². The molecule has 0 bridgehead atoms. The summed E-state index contributed by atoms with van der Waals surface area (Å²) >= 11 is 0. The van der Waals surface area contributed by atoms with E-state index in [1.807, 2.05) is 42.5 Å². The van der Waals surface area contributed by atoms with Crippen molar-refractivity contribution in [3.8, 4) is 0 Å². The van der Waals surface area contributed by atoms with Crippen molar-refractivity contribution in [2.75, 3.05) is 0 Å². The van der Waals surface area contributed by atoms with Gasteiger partial charge in [-0.15, -0.1) is 0 Å². The normalized spacial score (nSPS) is 10.4. The fraction of sp³-hybridized carbons (Fsp3) is 0.0909. The van der Waals surface area contributed by atoms with Crippen LogP contribution in [0.3, 0.4) is 0 Å². The Balaban J connectivity index is 2.41. The van der Waals surface area contributed by atoms with Gasteiger partial charge in [0.2, 0.25) is 0 Å². The van der Waals surface area contributed by atoms with Crippen LogP contribution in [0.2, 0.25) is 0 Å². The highest BCUT2D eigenvalue weighted by Crippen LogP contribution is 2.15. The number of fused-ring (bicyclic) bond motifs is 1. The quantitative estimate of drug-likeness (QED) is 0.695. The maximum Gasteiger partial charge on any atom is 0.456 e. The summed E-state index contributed by atoms with van der Waals surface area (Å²) in [6.07, 6.45) is 0.283. The van der Waals surface area contributed by atoms with Gasteiger partial charge < -0.3 is 10.0 Å². The SMILES string of the molecule is OB(O)Cc1ccc2ccccc2c1. The van der Waals surface area contributed by atoms with Crippen LogP contribution in [-0.4, -0.2) is 17.2 Å². The van der Waals surface area contributed by atoms with Crippen LogP contribution in [0.25, 0.3) is 10.8 Å². The first-order chi connectivity index (χ1) is 6.75. The topological polar surface area (TPSA) is 40.5 Å². The molecule has 0 amide bonds. The Bertz CT molecular complexity index is 440. The lowest BCUT2D eigenvalue weighted by molar-refractivity contribution is 0.405. The molecule has 0 unspecified atom stereocenters. The van der Waals surface area contributed by atoms with Crippen LogP contribution < -0.4 is 0 Å². The molecule has 0 aliphatic carbocycles. The monoisotopic (exact) mass is 186 g/mol. The molecule has 2 nitrogen and oxygen atoms in total. The van der Waals surface area contributed by atoms with Crippen molar-refractivity contribution in [3.05, 3.63) is 48.0 Å².